The molecule has 2 rings (SSSR count). The van der Waals surface area contributed by atoms with Gasteiger partial charge in [0.1, 0.15) is 17.4 Å². The van der Waals surface area contributed by atoms with E-state index in [4.69, 9.17) is 4.74 Å². The van der Waals surface area contributed by atoms with Crippen molar-refractivity contribution >= 4 is 11.7 Å². The highest BCUT2D eigenvalue weighted by Gasteiger charge is 2.37. The van der Waals surface area contributed by atoms with Crippen molar-refractivity contribution < 1.29 is 14.6 Å². The van der Waals surface area contributed by atoms with E-state index in [1.165, 1.54) is 5.56 Å². The summed E-state index contributed by atoms with van der Waals surface area (Å²) in [5, 5.41) is 9.52. The number of carboxylic acids is 1. The summed E-state index contributed by atoms with van der Waals surface area (Å²) in [4.78, 5) is 13.6. The molecular weight excluding hydrogens is 266 g/mol. The summed E-state index contributed by atoms with van der Waals surface area (Å²) in [5.41, 5.74) is 1.70. The molecule has 0 aromatic heterocycles. The van der Waals surface area contributed by atoms with Gasteiger partial charge < -0.3 is 14.7 Å². The maximum atomic E-state index is 11.6. The molecule has 1 N–H and O–H groups in total. The normalized spacial score (nSPS) is 18.1. The molecule has 1 aliphatic rings. The molecular formula is C17H25NO3. The molecule has 1 aromatic rings. The Bertz CT molecular complexity index is 537. The fourth-order valence-corrected chi connectivity index (χ4v) is 2.84. The molecule has 0 aliphatic carbocycles. The summed E-state index contributed by atoms with van der Waals surface area (Å²) < 4.78 is 6.02. The minimum Gasteiger partial charge on any atom is -0.484 e. The van der Waals surface area contributed by atoms with Crippen LogP contribution < -0.4 is 9.64 Å². The Hall–Kier alpha value is -1.71. The number of benzene rings is 1. The molecule has 4 nitrogen and oxygen atoms in total. The van der Waals surface area contributed by atoms with Gasteiger partial charge in [0.25, 0.3) is 0 Å². The van der Waals surface area contributed by atoms with Gasteiger partial charge in [0.15, 0.2) is 0 Å². The fraction of sp³-hybridized carbons (Fsp3) is 0.588. The van der Waals surface area contributed by atoms with Gasteiger partial charge in [-0.3, -0.25) is 0 Å². The van der Waals surface area contributed by atoms with Crippen LogP contribution in [0.5, 0.6) is 5.75 Å². The lowest BCUT2D eigenvalue weighted by atomic mass is 9.97. The second-order valence-electron chi connectivity index (χ2n) is 6.63. The summed E-state index contributed by atoms with van der Waals surface area (Å²) >= 11 is 0. The van der Waals surface area contributed by atoms with Crippen LogP contribution in [0.15, 0.2) is 18.2 Å². The maximum absolute atomic E-state index is 11.6. The number of hydrogen-bond donors (Lipinski definition) is 1. The Morgan fingerprint density at radius 2 is 2.10 bits per heavy atom. The van der Waals surface area contributed by atoms with Gasteiger partial charge in [0, 0.05) is 0 Å². The van der Waals surface area contributed by atoms with Crippen molar-refractivity contribution in [2.45, 2.75) is 58.6 Å². The first-order valence-electron chi connectivity index (χ1n) is 7.57. The van der Waals surface area contributed by atoms with Gasteiger partial charge in [0.05, 0.1) is 12.2 Å². The number of rotatable bonds is 4. The van der Waals surface area contributed by atoms with Crippen LogP contribution >= 0.6 is 0 Å². The van der Waals surface area contributed by atoms with Crippen LogP contribution in [-0.2, 0) is 4.79 Å². The Morgan fingerprint density at radius 1 is 1.43 bits per heavy atom. The van der Waals surface area contributed by atoms with E-state index in [1.54, 1.807) is 0 Å². The zero-order valence-electron chi connectivity index (χ0n) is 13.5. The number of ether oxygens (including phenoxy) is 1. The highest BCUT2D eigenvalue weighted by atomic mass is 16.5. The molecule has 1 heterocycles. The molecule has 116 valence electrons. The molecule has 0 saturated carbocycles. The SMILES string of the molecule is CCC(C(=O)O)N1CC(C)(C)Oc2ccc(C(C)C)cc21. The van der Waals surface area contributed by atoms with Gasteiger partial charge in [-0.2, -0.15) is 0 Å². The highest BCUT2D eigenvalue weighted by Crippen LogP contribution is 2.40. The summed E-state index contributed by atoms with van der Waals surface area (Å²) in [6.45, 7) is 10.7. The fourth-order valence-electron chi connectivity index (χ4n) is 2.84. The van der Waals surface area contributed by atoms with Crippen LogP contribution in [0.25, 0.3) is 0 Å². The van der Waals surface area contributed by atoms with E-state index < -0.39 is 17.6 Å². The van der Waals surface area contributed by atoms with Crippen molar-refractivity contribution in [3.05, 3.63) is 23.8 Å². The first kappa shape index (κ1) is 15.7. The Balaban J connectivity index is 2.51. The number of carboxylic acid groups (broad SMARTS) is 1. The lowest BCUT2D eigenvalue weighted by Gasteiger charge is -2.43. The van der Waals surface area contributed by atoms with E-state index in [-0.39, 0.29) is 0 Å². The number of hydrogen-bond acceptors (Lipinski definition) is 3. The zero-order valence-corrected chi connectivity index (χ0v) is 13.5. The molecule has 1 atom stereocenters. The molecule has 0 amide bonds. The number of anilines is 1. The van der Waals surface area contributed by atoms with E-state index in [0.717, 1.165) is 11.4 Å². The van der Waals surface area contributed by atoms with E-state index >= 15 is 0 Å². The molecule has 1 unspecified atom stereocenters. The van der Waals surface area contributed by atoms with Gasteiger partial charge >= 0.3 is 5.97 Å². The van der Waals surface area contributed by atoms with Gasteiger partial charge in [-0.25, -0.2) is 4.79 Å². The standard InChI is InChI=1S/C17H25NO3/c1-6-13(16(19)20)18-10-17(4,5)21-15-8-7-12(11(2)3)9-14(15)18/h7-9,11,13H,6,10H2,1-5H3,(H,19,20). The monoisotopic (exact) mass is 291 g/mol. The van der Waals surface area contributed by atoms with Crippen molar-refractivity contribution in [1.29, 1.82) is 0 Å². The number of nitrogens with zero attached hydrogens (tertiary/aromatic N) is 1. The topological polar surface area (TPSA) is 49.8 Å². The molecule has 0 spiro atoms. The predicted molar refractivity (Wildman–Crippen MR) is 84.3 cm³/mol. The van der Waals surface area contributed by atoms with Crippen molar-refractivity contribution in [3.63, 3.8) is 0 Å². The summed E-state index contributed by atoms with van der Waals surface area (Å²) in [7, 11) is 0. The van der Waals surface area contributed by atoms with Crippen molar-refractivity contribution in [3.8, 4) is 5.75 Å². The van der Waals surface area contributed by atoms with Crippen molar-refractivity contribution in [2.24, 2.45) is 0 Å². The molecule has 1 aromatic carbocycles. The lowest BCUT2D eigenvalue weighted by molar-refractivity contribution is -0.138. The van der Waals surface area contributed by atoms with Crippen LogP contribution in [0, 0.1) is 0 Å². The van der Waals surface area contributed by atoms with Gasteiger partial charge in [-0.05, 0) is 43.9 Å². The number of fused-ring (bicyclic) bond motifs is 1. The third kappa shape index (κ3) is 3.14. The molecule has 21 heavy (non-hydrogen) atoms. The van der Waals surface area contributed by atoms with Gasteiger partial charge in [0.2, 0.25) is 0 Å². The molecule has 0 saturated heterocycles. The molecule has 0 fully saturated rings. The Morgan fingerprint density at radius 3 is 2.62 bits per heavy atom. The molecule has 1 aliphatic heterocycles. The second-order valence-corrected chi connectivity index (χ2v) is 6.63. The highest BCUT2D eigenvalue weighted by molar-refractivity contribution is 5.80. The molecule has 0 bridgehead atoms. The predicted octanol–water partition coefficient (Wildman–Crippen LogP) is 3.65. The quantitative estimate of drug-likeness (QED) is 0.920. The van der Waals surface area contributed by atoms with Crippen molar-refractivity contribution in [2.75, 3.05) is 11.4 Å². The zero-order chi connectivity index (χ0) is 15.8. The van der Waals surface area contributed by atoms with Crippen molar-refractivity contribution in [1.82, 2.24) is 0 Å². The van der Waals surface area contributed by atoms with Crippen LogP contribution in [0.4, 0.5) is 5.69 Å². The molecule has 0 radical (unpaired) electrons. The van der Waals surface area contributed by atoms with Crippen LogP contribution in [0.1, 0.15) is 52.5 Å². The van der Waals surface area contributed by atoms with Gasteiger partial charge in [-0.15, -0.1) is 0 Å². The number of aliphatic carboxylic acids is 1. The minimum absolute atomic E-state index is 0.394. The van der Waals surface area contributed by atoms with Gasteiger partial charge in [-0.1, -0.05) is 26.8 Å². The van der Waals surface area contributed by atoms with Crippen LogP contribution in [-0.4, -0.2) is 29.3 Å². The lowest BCUT2D eigenvalue weighted by Crippen LogP contribution is -2.53. The third-order valence-corrected chi connectivity index (χ3v) is 3.94. The van der Waals surface area contributed by atoms with E-state index in [2.05, 4.69) is 26.0 Å². The summed E-state index contributed by atoms with van der Waals surface area (Å²) in [6.07, 6.45) is 0.566. The van der Waals surface area contributed by atoms with E-state index in [0.29, 0.717) is 18.9 Å². The third-order valence-electron chi connectivity index (χ3n) is 3.94. The summed E-state index contributed by atoms with van der Waals surface area (Å²) in [6, 6.07) is 5.58. The minimum atomic E-state index is -0.781. The largest absolute Gasteiger partial charge is 0.484 e. The average molecular weight is 291 g/mol. The van der Waals surface area contributed by atoms with E-state index in [1.807, 2.05) is 31.7 Å². The number of carbonyl (C=O) groups is 1. The first-order chi connectivity index (χ1) is 9.75. The smallest absolute Gasteiger partial charge is 0.326 e. The van der Waals surface area contributed by atoms with Crippen LogP contribution in [0.3, 0.4) is 0 Å². The Kier molecular flexibility index (Phi) is 4.17. The van der Waals surface area contributed by atoms with E-state index in [9.17, 15) is 9.90 Å². The Labute approximate surface area is 126 Å². The van der Waals surface area contributed by atoms with Crippen LogP contribution in [0.2, 0.25) is 0 Å². The first-order valence-corrected chi connectivity index (χ1v) is 7.57. The molecule has 4 heteroatoms. The summed E-state index contributed by atoms with van der Waals surface area (Å²) in [5.74, 6) is 0.392. The average Bonchev–Trinajstić information content (AvgIpc) is 2.37. The maximum Gasteiger partial charge on any atom is 0.326 e. The second kappa shape index (κ2) is 5.58.